The highest BCUT2D eigenvalue weighted by atomic mass is 32.1. The van der Waals surface area contributed by atoms with Gasteiger partial charge in [0.05, 0.1) is 0 Å². The van der Waals surface area contributed by atoms with E-state index in [1.54, 1.807) is 17.5 Å². The molecule has 1 aromatic rings. The van der Waals surface area contributed by atoms with Gasteiger partial charge in [-0.25, -0.2) is 0 Å². The van der Waals surface area contributed by atoms with Gasteiger partial charge in [0.2, 0.25) is 0 Å². The topological polar surface area (TPSA) is 17.3 Å². The molecule has 1 aromatic heterocycles. The van der Waals surface area contributed by atoms with E-state index in [1.165, 1.54) is 0 Å². The summed E-state index contributed by atoms with van der Waals surface area (Å²) in [6.07, 6.45) is 3.75. The summed E-state index contributed by atoms with van der Waals surface area (Å²) in [5.41, 5.74) is 0.253. The van der Waals surface area contributed by atoms with Crippen LogP contribution in [0.25, 0.3) is 6.20 Å². The molecule has 2 nitrogen and oxygen atoms in total. The number of rotatable bonds is 2. The van der Waals surface area contributed by atoms with Gasteiger partial charge in [0, 0.05) is 24.3 Å². The van der Waals surface area contributed by atoms with Crippen molar-refractivity contribution in [3.8, 4) is 0 Å². The third-order valence-electron chi connectivity index (χ3n) is 1.50. The first-order chi connectivity index (χ1) is 6.03. The zero-order valence-electron chi connectivity index (χ0n) is 8.45. The number of aromatic nitrogens is 1. The maximum atomic E-state index is 4.52. The van der Waals surface area contributed by atoms with E-state index in [1.807, 2.05) is 16.1 Å². The predicted molar refractivity (Wildman–Crippen MR) is 58.6 cm³/mol. The maximum absolute atomic E-state index is 4.52. The Hall–Kier alpha value is -0.830. The minimum absolute atomic E-state index is 0.253. The molecule has 0 aliphatic carbocycles. The molecule has 72 valence electrons. The lowest BCUT2D eigenvalue weighted by Crippen LogP contribution is -2.15. The largest absolute Gasteiger partial charge is 0.300 e. The second-order valence-corrected chi connectivity index (χ2v) is 5.03. The minimum atomic E-state index is 0.253. The van der Waals surface area contributed by atoms with Gasteiger partial charge in [-0.2, -0.15) is 0 Å². The fourth-order valence-electron chi connectivity index (χ4n) is 0.844. The Morgan fingerprint density at radius 3 is 2.85 bits per heavy atom. The molecule has 1 rings (SSSR count). The fourth-order valence-corrected chi connectivity index (χ4v) is 1.55. The van der Waals surface area contributed by atoms with Crippen LogP contribution in [0.3, 0.4) is 0 Å². The summed E-state index contributed by atoms with van der Waals surface area (Å²) in [5.74, 6) is 0. The molecule has 3 heteroatoms. The van der Waals surface area contributed by atoms with Gasteiger partial charge in [-0.05, 0) is 5.41 Å². The summed E-state index contributed by atoms with van der Waals surface area (Å²) < 4.78 is 1.94. The normalized spacial score (nSPS) is 13.3. The van der Waals surface area contributed by atoms with Crippen molar-refractivity contribution < 1.29 is 0 Å². The maximum Gasteiger partial charge on any atom is 0.188 e. The molecular formula is C10H16N2S. The summed E-state index contributed by atoms with van der Waals surface area (Å²) in [5, 5.41) is 2.02. The van der Waals surface area contributed by atoms with E-state index in [4.69, 9.17) is 0 Å². The lowest BCUT2D eigenvalue weighted by Gasteiger charge is -2.13. The second kappa shape index (κ2) is 3.92. The number of hydrogen-bond acceptors (Lipinski definition) is 2. The molecule has 0 aliphatic rings. The van der Waals surface area contributed by atoms with Crippen LogP contribution in [0, 0.1) is 5.41 Å². The first kappa shape index (κ1) is 10.3. The van der Waals surface area contributed by atoms with Crippen LogP contribution in [0.1, 0.15) is 20.8 Å². The van der Waals surface area contributed by atoms with E-state index < -0.39 is 0 Å². The molecule has 0 unspecified atom stereocenters. The lowest BCUT2D eigenvalue weighted by atomic mass is 9.98. The van der Waals surface area contributed by atoms with E-state index in [2.05, 4.69) is 32.3 Å². The molecule has 0 fully saturated rings. The quantitative estimate of drug-likeness (QED) is 0.692. The molecule has 0 amide bonds. The highest BCUT2D eigenvalue weighted by molar-refractivity contribution is 7.07. The van der Waals surface area contributed by atoms with Gasteiger partial charge in [-0.3, -0.25) is 4.99 Å². The highest BCUT2D eigenvalue weighted by Crippen LogP contribution is 2.12. The average molecular weight is 196 g/mol. The molecule has 0 saturated heterocycles. The molecular weight excluding hydrogens is 180 g/mol. The van der Waals surface area contributed by atoms with E-state index in [0.717, 1.165) is 11.3 Å². The summed E-state index contributed by atoms with van der Waals surface area (Å²) in [4.78, 5) is 5.54. The van der Waals surface area contributed by atoms with Crippen LogP contribution < -0.4 is 4.80 Å². The van der Waals surface area contributed by atoms with Crippen molar-refractivity contribution in [1.29, 1.82) is 0 Å². The molecule has 0 atom stereocenters. The Bertz CT molecular complexity index is 338. The summed E-state index contributed by atoms with van der Waals surface area (Å²) in [6.45, 7) is 11.1. The Balaban J connectivity index is 2.88. The molecule has 0 aromatic carbocycles. The van der Waals surface area contributed by atoms with Crippen LogP contribution in [0.4, 0.5) is 0 Å². The van der Waals surface area contributed by atoms with Gasteiger partial charge >= 0.3 is 0 Å². The minimum Gasteiger partial charge on any atom is -0.300 e. The zero-order valence-corrected chi connectivity index (χ0v) is 9.27. The Morgan fingerprint density at radius 1 is 1.62 bits per heavy atom. The van der Waals surface area contributed by atoms with Crippen molar-refractivity contribution in [2.75, 3.05) is 6.54 Å². The zero-order chi connectivity index (χ0) is 9.90. The van der Waals surface area contributed by atoms with Crippen molar-refractivity contribution in [3.63, 3.8) is 0 Å². The van der Waals surface area contributed by atoms with Crippen molar-refractivity contribution in [1.82, 2.24) is 4.57 Å². The van der Waals surface area contributed by atoms with Crippen LogP contribution in [-0.4, -0.2) is 11.1 Å². The van der Waals surface area contributed by atoms with Gasteiger partial charge in [-0.1, -0.05) is 27.4 Å². The average Bonchev–Trinajstić information content (AvgIpc) is 2.46. The van der Waals surface area contributed by atoms with E-state index >= 15 is 0 Å². The predicted octanol–water partition coefficient (Wildman–Crippen LogP) is 2.60. The van der Waals surface area contributed by atoms with Crippen LogP contribution in [0.15, 0.2) is 23.1 Å². The van der Waals surface area contributed by atoms with E-state index in [0.29, 0.717) is 0 Å². The monoisotopic (exact) mass is 196 g/mol. The molecule has 0 N–H and O–H groups in total. The van der Waals surface area contributed by atoms with E-state index in [-0.39, 0.29) is 5.41 Å². The molecule has 1 heterocycles. The Morgan fingerprint density at radius 2 is 2.31 bits per heavy atom. The van der Waals surface area contributed by atoms with Crippen LogP contribution >= 0.6 is 11.3 Å². The molecule has 0 spiro atoms. The van der Waals surface area contributed by atoms with Gasteiger partial charge in [0.1, 0.15) is 0 Å². The Kier molecular flexibility index (Phi) is 3.09. The first-order valence-electron chi connectivity index (χ1n) is 4.31. The summed E-state index contributed by atoms with van der Waals surface area (Å²) in [7, 11) is 0. The van der Waals surface area contributed by atoms with Crippen LogP contribution in [-0.2, 0) is 0 Å². The van der Waals surface area contributed by atoms with Crippen molar-refractivity contribution in [3.05, 3.63) is 23.0 Å². The first-order valence-corrected chi connectivity index (χ1v) is 5.19. The van der Waals surface area contributed by atoms with Gasteiger partial charge in [0.25, 0.3) is 0 Å². The third kappa shape index (κ3) is 3.19. The van der Waals surface area contributed by atoms with Gasteiger partial charge in [-0.15, -0.1) is 11.3 Å². The number of nitrogens with zero attached hydrogens (tertiary/aromatic N) is 2. The summed E-state index contributed by atoms with van der Waals surface area (Å²) >= 11 is 1.64. The standard InChI is InChI=1S/C10H16N2S/c1-5-12-6-7-13-9(12)11-8-10(2,3)4/h5-7H,1,8H2,2-4H3. The number of hydrogen-bond donors (Lipinski definition) is 0. The molecule has 0 aliphatic heterocycles. The third-order valence-corrected chi connectivity index (χ3v) is 2.31. The van der Waals surface area contributed by atoms with Gasteiger partial charge in [0.15, 0.2) is 4.80 Å². The van der Waals surface area contributed by atoms with Crippen molar-refractivity contribution in [2.45, 2.75) is 20.8 Å². The van der Waals surface area contributed by atoms with Crippen LogP contribution in [0.5, 0.6) is 0 Å². The smallest absolute Gasteiger partial charge is 0.188 e. The molecule has 13 heavy (non-hydrogen) atoms. The van der Waals surface area contributed by atoms with Gasteiger partial charge < -0.3 is 4.57 Å². The fraction of sp³-hybridized carbons (Fsp3) is 0.500. The lowest BCUT2D eigenvalue weighted by molar-refractivity contribution is 0.425. The SMILES string of the molecule is C=Cn1ccsc1=NCC(C)(C)C. The summed E-state index contributed by atoms with van der Waals surface area (Å²) in [6, 6.07) is 0. The number of thiazole rings is 1. The van der Waals surface area contributed by atoms with Crippen molar-refractivity contribution >= 4 is 17.5 Å². The molecule has 0 saturated carbocycles. The van der Waals surface area contributed by atoms with Crippen LogP contribution in [0.2, 0.25) is 0 Å². The highest BCUT2D eigenvalue weighted by Gasteiger charge is 2.08. The molecule has 0 bridgehead atoms. The Labute approximate surface area is 83.3 Å². The second-order valence-electron chi connectivity index (χ2n) is 4.15. The molecule has 0 radical (unpaired) electrons. The van der Waals surface area contributed by atoms with E-state index in [9.17, 15) is 0 Å². The van der Waals surface area contributed by atoms with Crippen molar-refractivity contribution in [2.24, 2.45) is 10.4 Å².